The Balaban J connectivity index is 0.00000118. The molecule has 3 N–H and O–H groups in total. The summed E-state index contributed by atoms with van der Waals surface area (Å²) in [7, 11) is -3.13. The van der Waals surface area contributed by atoms with Crippen LogP contribution < -0.4 is 10.1 Å². The fraction of sp³-hybridized carbons (Fsp3) is 0.368. The van der Waals surface area contributed by atoms with Crippen molar-refractivity contribution in [1.82, 2.24) is 0 Å². The Labute approximate surface area is 188 Å². The normalized spacial score (nSPS) is 11.6. The van der Waals surface area contributed by atoms with Crippen LogP contribution in [-0.4, -0.2) is 20.2 Å². The molecular formula is C19H23ClF3N2O6P. The SMILES string of the molecule is CCC(C)(CC)Nc1cc(Oc2ccc(C(F)(F)F)cc2Cl)ccc1[N+](=O)[O-].O=[PH](O)O. The second kappa shape index (κ2) is 11.5. The maximum Gasteiger partial charge on any atom is 0.416 e. The van der Waals surface area contributed by atoms with E-state index in [1.807, 2.05) is 20.8 Å². The van der Waals surface area contributed by atoms with Gasteiger partial charge in [-0.1, -0.05) is 25.4 Å². The molecule has 0 aliphatic rings. The fourth-order valence-electron chi connectivity index (χ4n) is 2.48. The molecule has 0 amide bonds. The third-order valence-electron chi connectivity index (χ3n) is 4.65. The first-order valence-electron chi connectivity index (χ1n) is 9.25. The molecule has 0 aliphatic carbocycles. The summed E-state index contributed by atoms with van der Waals surface area (Å²) >= 11 is 5.91. The number of nitro benzene ring substituents is 1. The lowest BCUT2D eigenvalue weighted by molar-refractivity contribution is -0.384. The molecule has 8 nitrogen and oxygen atoms in total. The summed E-state index contributed by atoms with van der Waals surface area (Å²) in [4.78, 5) is 25.1. The number of benzene rings is 2. The second-order valence-corrected chi connectivity index (χ2v) is 7.83. The highest BCUT2D eigenvalue weighted by Gasteiger charge is 2.31. The summed E-state index contributed by atoms with van der Waals surface area (Å²) in [6.45, 7) is 5.87. The number of rotatable bonds is 7. The lowest BCUT2D eigenvalue weighted by Crippen LogP contribution is -2.33. The Bertz CT molecular complexity index is 967. The van der Waals surface area contributed by atoms with Crippen molar-refractivity contribution >= 4 is 31.2 Å². The maximum absolute atomic E-state index is 12.8. The number of ether oxygens (including phenoxy) is 1. The molecule has 0 heterocycles. The highest BCUT2D eigenvalue weighted by molar-refractivity contribution is 7.30. The molecule has 0 spiro atoms. The monoisotopic (exact) mass is 498 g/mol. The van der Waals surface area contributed by atoms with E-state index in [2.05, 4.69) is 5.32 Å². The molecule has 32 heavy (non-hydrogen) atoms. The molecule has 2 aromatic rings. The molecule has 0 aromatic heterocycles. The summed E-state index contributed by atoms with van der Waals surface area (Å²) in [5.74, 6) is 0.229. The molecular weight excluding hydrogens is 476 g/mol. The summed E-state index contributed by atoms with van der Waals surface area (Å²) in [6.07, 6.45) is -3.05. The van der Waals surface area contributed by atoms with E-state index in [1.54, 1.807) is 0 Å². The highest BCUT2D eigenvalue weighted by atomic mass is 35.5. The molecule has 178 valence electrons. The Morgan fingerprint density at radius 1 is 1.16 bits per heavy atom. The zero-order valence-electron chi connectivity index (χ0n) is 17.4. The first-order chi connectivity index (χ1) is 14.7. The smallest absolute Gasteiger partial charge is 0.416 e. The molecule has 0 bridgehead atoms. The Morgan fingerprint density at radius 2 is 1.72 bits per heavy atom. The Morgan fingerprint density at radius 3 is 2.16 bits per heavy atom. The van der Waals surface area contributed by atoms with E-state index in [-0.39, 0.29) is 33.4 Å². The van der Waals surface area contributed by atoms with Crippen molar-refractivity contribution in [3.8, 4) is 11.5 Å². The minimum absolute atomic E-state index is 0.0169. The van der Waals surface area contributed by atoms with Crippen LogP contribution in [0.15, 0.2) is 36.4 Å². The third kappa shape index (κ3) is 8.31. The molecule has 2 rings (SSSR count). The zero-order valence-corrected chi connectivity index (χ0v) is 19.1. The van der Waals surface area contributed by atoms with Crippen LogP contribution in [0.4, 0.5) is 24.5 Å². The maximum atomic E-state index is 12.8. The standard InChI is InChI=1S/C19H20ClF3N2O3.H3O3P/c1-4-18(3,5-2)24-15-11-13(7-8-16(15)25(26)27)28-17-9-6-12(10-14(17)20)19(21,22)23;1-4(2)3/h6-11,24H,4-5H2,1-3H3;4H,(H2,1,2,3). The number of nitrogens with zero attached hydrogens (tertiary/aromatic N) is 1. The Kier molecular flexibility index (Phi) is 9.96. The first-order valence-corrected chi connectivity index (χ1v) is 10.9. The van der Waals surface area contributed by atoms with Crippen LogP contribution >= 0.6 is 19.9 Å². The van der Waals surface area contributed by atoms with Crippen molar-refractivity contribution in [2.24, 2.45) is 0 Å². The van der Waals surface area contributed by atoms with Crippen LogP contribution in [0.5, 0.6) is 11.5 Å². The summed E-state index contributed by atoms with van der Waals surface area (Å²) in [6, 6.07) is 6.83. The van der Waals surface area contributed by atoms with Gasteiger partial charge in [-0.25, -0.2) is 0 Å². The van der Waals surface area contributed by atoms with Gasteiger partial charge in [0, 0.05) is 17.7 Å². The van der Waals surface area contributed by atoms with Crippen LogP contribution in [-0.2, 0) is 10.7 Å². The summed E-state index contributed by atoms with van der Waals surface area (Å²) < 4.78 is 52.6. The Hall–Kier alpha value is -2.33. The minimum atomic E-state index is -4.52. The number of anilines is 1. The van der Waals surface area contributed by atoms with Gasteiger partial charge in [0.2, 0.25) is 0 Å². The van der Waals surface area contributed by atoms with Crippen molar-refractivity contribution < 1.29 is 37.2 Å². The number of halogens is 4. The number of hydrogen-bond donors (Lipinski definition) is 3. The van der Waals surface area contributed by atoms with E-state index < -0.39 is 24.9 Å². The molecule has 2 aromatic carbocycles. The van der Waals surface area contributed by atoms with Gasteiger partial charge in [-0.05, 0) is 44.0 Å². The molecule has 0 radical (unpaired) electrons. The lowest BCUT2D eigenvalue weighted by atomic mass is 9.95. The van der Waals surface area contributed by atoms with Gasteiger partial charge in [-0.15, -0.1) is 0 Å². The topological polar surface area (TPSA) is 122 Å². The van der Waals surface area contributed by atoms with Crippen molar-refractivity contribution in [2.45, 2.75) is 45.3 Å². The van der Waals surface area contributed by atoms with Crippen molar-refractivity contribution in [3.63, 3.8) is 0 Å². The molecule has 0 fully saturated rings. The largest absolute Gasteiger partial charge is 0.456 e. The quantitative estimate of drug-likeness (QED) is 0.229. The van der Waals surface area contributed by atoms with E-state index in [0.29, 0.717) is 0 Å². The van der Waals surface area contributed by atoms with E-state index in [0.717, 1.165) is 31.0 Å². The van der Waals surface area contributed by atoms with E-state index in [4.69, 9.17) is 30.7 Å². The summed E-state index contributed by atoms with van der Waals surface area (Å²) in [5, 5.41) is 14.3. The number of hydrogen-bond acceptors (Lipinski definition) is 5. The second-order valence-electron chi connectivity index (χ2n) is 6.86. The number of alkyl halides is 3. The van der Waals surface area contributed by atoms with Gasteiger partial charge in [0.25, 0.3) is 5.69 Å². The summed E-state index contributed by atoms with van der Waals surface area (Å²) in [5.41, 5.74) is -1.12. The molecule has 0 unspecified atom stereocenters. The number of nitro groups is 1. The van der Waals surface area contributed by atoms with Crippen molar-refractivity contribution in [1.29, 1.82) is 0 Å². The van der Waals surface area contributed by atoms with Crippen LogP contribution in [0, 0.1) is 10.1 Å². The van der Waals surface area contributed by atoms with Crippen LogP contribution in [0.2, 0.25) is 5.02 Å². The molecule has 13 heteroatoms. The molecule has 0 saturated heterocycles. The fourth-order valence-corrected chi connectivity index (χ4v) is 2.70. The molecule has 0 aliphatic heterocycles. The van der Waals surface area contributed by atoms with Gasteiger partial charge in [-0.2, -0.15) is 13.2 Å². The predicted octanol–water partition coefficient (Wildman–Crippen LogP) is 6.41. The first kappa shape index (κ1) is 27.7. The van der Waals surface area contributed by atoms with Gasteiger partial charge >= 0.3 is 14.4 Å². The van der Waals surface area contributed by atoms with Crippen LogP contribution in [0.1, 0.15) is 39.2 Å². The van der Waals surface area contributed by atoms with Gasteiger partial charge in [0.05, 0.1) is 15.5 Å². The highest BCUT2D eigenvalue weighted by Crippen LogP contribution is 2.38. The van der Waals surface area contributed by atoms with Crippen LogP contribution in [0.25, 0.3) is 0 Å². The van der Waals surface area contributed by atoms with Gasteiger partial charge in [0.1, 0.15) is 17.2 Å². The van der Waals surface area contributed by atoms with Gasteiger partial charge < -0.3 is 19.8 Å². The van der Waals surface area contributed by atoms with Gasteiger partial charge in [0.15, 0.2) is 0 Å². The molecule has 0 atom stereocenters. The number of nitrogens with one attached hydrogen (secondary N) is 1. The van der Waals surface area contributed by atoms with Crippen LogP contribution in [0.3, 0.4) is 0 Å². The average molecular weight is 499 g/mol. The van der Waals surface area contributed by atoms with E-state index in [9.17, 15) is 23.3 Å². The predicted molar refractivity (Wildman–Crippen MR) is 116 cm³/mol. The van der Waals surface area contributed by atoms with Gasteiger partial charge in [-0.3, -0.25) is 14.7 Å². The van der Waals surface area contributed by atoms with E-state index in [1.165, 1.54) is 18.2 Å². The minimum Gasteiger partial charge on any atom is -0.456 e. The third-order valence-corrected chi connectivity index (χ3v) is 4.94. The lowest BCUT2D eigenvalue weighted by Gasteiger charge is -2.29. The average Bonchev–Trinajstić information content (AvgIpc) is 2.68. The van der Waals surface area contributed by atoms with Crippen molar-refractivity contribution in [2.75, 3.05) is 5.32 Å². The van der Waals surface area contributed by atoms with Crippen molar-refractivity contribution in [3.05, 3.63) is 57.1 Å². The molecule has 0 saturated carbocycles. The van der Waals surface area contributed by atoms with E-state index >= 15 is 0 Å². The zero-order chi connectivity index (χ0) is 24.7.